The molecule has 1 rings (SSSR count). The number of hydrogen-bond donors (Lipinski definition) is 2. The first-order chi connectivity index (χ1) is 7.33. The molecule has 0 heterocycles. The van der Waals surface area contributed by atoms with E-state index in [0.29, 0.717) is 12.5 Å². The van der Waals surface area contributed by atoms with Crippen molar-refractivity contribution in [3.63, 3.8) is 0 Å². The molecule has 80 valence electrons. The molecule has 0 aromatic heterocycles. The van der Waals surface area contributed by atoms with Gasteiger partial charge in [-0.3, -0.25) is 0 Å². The summed E-state index contributed by atoms with van der Waals surface area (Å²) in [5.74, 6) is 0. The number of benzene rings is 1. The van der Waals surface area contributed by atoms with Crippen LogP contribution in [-0.4, -0.2) is 26.2 Å². The molecule has 0 amide bonds. The summed E-state index contributed by atoms with van der Waals surface area (Å²) in [5.41, 5.74) is 1.14. The Bertz CT molecular complexity index is 279. The molecule has 0 saturated carbocycles. The van der Waals surface area contributed by atoms with Crippen molar-refractivity contribution in [3.05, 3.63) is 30.3 Å². The van der Waals surface area contributed by atoms with E-state index in [1.54, 1.807) is 0 Å². The summed E-state index contributed by atoms with van der Waals surface area (Å²) >= 11 is 0. The predicted molar refractivity (Wildman–Crippen MR) is 63.5 cm³/mol. The second kappa shape index (κ2) is 7.18. The van der Waals surface area contributed by atoms with Gasteiger partial charge in [0, 0.05) is 0 Å². The van der Waals surface area contributed by atoms with Crippen molar-refractivity contribution < 1.29 is 4.70 Å². The summed E-state index contributed by atoms with van der Waals surface area (Å²) in [4.78, 5) is 0. The molecule has 0 bridgehead atoms. The number of anilines is 1. The maximum atomic E-state index is 10.1. The third-order valence-electron chi connectivity index (χ3n) is 2.17. The zero-order valence-electron chi connectivity index (χ0n) is 9.07. The van der Waals surface area contributed by atoms with Crippen LogP contribution in [0.1, 0.15) is 13.3 Å². The van der Waals surface area contributed by atoms with E-state index in [-0.39, 0.29) is 0 Å². The first-order valence-corrected chi connectivity index (χ1v) is 5.29. The molecule has 1 aromatic carbocycles. The van der Waals surface area contributed by atoms with E-state index in [9.17, 15) is 4.70 Å². The van der Waals surface area contributed by atoms with Crippen LogP contribution in [0.15, 0.2) is 30.3 Å². The van der Waals surface area contributed by atoms with E-state index in [4.69, 9.17) is 0 Å². The molecule has 2 N–H and O–H groups in total. The van der Waals surface area contributed by atoms with Gasteiger partial charge in [0.2, 0.25) is 0 Å². The summed E-state index contributed by atoms with van der Waals surface area (Å²) in [6.07, 6.45) is 1.45. The van der Waals surface area contributed by atoms with Crippen LogP contribution in [0, 0.1) is 0 Å². The fourth-order valence-electron chi connectivity index (χ4n) is 1.37. The van der Waals surface area contributed by atoms with Gasteiger partial charge >= 0.3 is 90.9 Å². The molecule has 1 unspecified atom stereocenters. The molecule has 0 aliphatic rings. The monoisotopic (exact) mass is 204 g/mol. The van der Waals surface area contributed by atoms with Gasteiger partial charge in [-0.1, -0.05) is 0 Å². The molecule has 1 aromatic rings. The van der Waals surface area contributed by atoms with Gasteiger partial charge in [-0.25, -0.2) is 0 Å². The van der Waals surface area contributed by atoms with Gasteiger partial charge in [-0.05, 0) is 0 Å². The van der Waals surface area contributed by atoms with Crippen molar-refractivity contribution in [2.24, 2.45) is 0 Å². The number of rotatable bonds is 7. The van der Waals surface area contributed by atoms with Crippen molar-refractivity contribution in [2.45, 2.75) is 19.4 Å². The summed E-state index contributed by atoms with van der Waals surface area (Å²) in [6.45, 7) is 3.00. The molecule has 3 nitrogen and oxygen atoms in total. The average molecular weight is 204 g/mol. The van der Waals surface area contributed by atoms with Gasteiger partial charge in [-0.2, -0.15) is 0 Å². The minimum absolute atomic E-state index is 0.409. The molecule has 0 spiro atoms. The molecule has 0 aliphatic heterocycles. The van der Waals surface area contributed by atoms with Crippen molar-refractivity contribution in [3.8, 4) is 0 Å². The van der Waals surface area contributed by atoms with E-state index in [2.05, 4.69) is 29.7 Å². The summed E-state index contributed by atoms with van der Waals surface area (Å²) in [6, 6.07) is 10.5. The quantitative estimate of drug-likeness (QED) is 0.522. The van der Waals surface area contributed by atoms with Crippen molar-refractivity contribution in [1.29, 1.82) is 0 Å². The van der Waals surface area contributed by atoms with Gasteiger partial charge < -0.3 is 0 Å². The second-order valence-electron chi connectivity index (χ2n) is 3.57. The Balaban J connectivity index is 2.18. The normalized spacial score (nSPS) is 11.8. The van der Waals surface area contributed by atoms with E-state index in [0.717, 1.165) is 25.8 Å². The molecule has 15 heavy (non-hydrogen) atoms. The molecule has 0 radical (unpaired) electrons. The Kier molecular flexibility index (Phi) is 5.70. The van der Waals surface area contributed by atoms with Gasteiger partial charge in [0.05, 0.1) is 0 Å². The van der Waals surface area contributed by atoms with Crippen LogP contribution < -0.4 is 10.6 Å². The van der Waals surface area contributed by atoms with Crippen LogP contribution >= 0.6 is 0 Å². The fraction of sp³-hybridized carbons (Fsp3) is 0.455. The van der Waals surface area contributed by atoms with Crippen LogP contribution in [0.25, 0.3) is 0 Å². The SMILES string of the molecule is CC(CCNCB=O)Nc1ccccc1. The predicted octanol–water partition coefficient (Wildman–Crippen LogP) is 1.47. The van der Waals surface area contributed by atoms with Crippen LogP contribution in [-0.2, 0) is 4.70 Å². The topological polar surface area (TPSA) is 41.1 Å². The van der Waals surface area contributed by atoms with Gasteiger partial charge in [0.1, 0.15) is 0 Å². The van der Waals surface area contributed by atoms with Crippen LogP contribution in [0.2, 0.25) is 0 Å². The molecule has 0 aliphatic carbocycles. The summed E-state index contributed by atoms with van der Waals surface area (Å²) < 4.78 is 10.1. The summed E-state index contributed by atoms with van der Waals surface area (Å²) in [5, 5.41) is 6.43. The van der Waals surface area contributed by atoms with Crippen molar-refractivity contribution in [1.82, 2.24) is 5.32 Å². The number of hydrogen-bond acceptors (Lipinski definition) is 3. The fourth-order valence-corrected chi connectivity index (χ4v) is 1.37. The zero-order valence-corrected chi connectivity index (χ0v) is 9.07. The molecular formula is C11H17BN2O. The van der Waals surface area contributed by atoms with E-state index >= 15 is 0 Å². The van der Waals surface area contributed by atoms with Gasteiger partial charge in [-0.15, -0.1) is 0 Å². The van der Waals surface area contributed by atoms with Crippen molar-refractivity contribution >= 4 is 12.8 Å². The number of nitrogens with one attached hydrogen (secondary N) is 2. The molecule has 1 atom stereocenters. The molecule has 0 saturated heterocycles. The maximum absolute atomic E-state index is 10.1. The average Bonchev–Trinajstić information content (AvgIpc) is 2.26. The van der Waals surface area contributed by atoms with Crippen molar-refractivity contribution in [2.75, 3.05) is 18.3 Å². The Labute approximate surface area is 91.5 Å². The number of para-hydroxylation sites is 1. The third-order valence-corrected chi connectivity index (χ3v) is 2.17. The Morgan fingerprint density at radius 1 is 1.33 bits per heavy atom. The van der Waals surface area contributed by atoms with Gasteiger partial charge in [0.15, 0.2) is 0 Å². The molecule has 0 fully saturated rings. The van der Waals surface area contributed by atoms with Gasteiger partial charge in [0.25, 0.3) is 0 Å². The summed E-state index contributed by atoms with van der Waals surface area (Å²) in [7, 11) is 0.884. The molecule has 4 heteroatoms. The van der Waals surface area contributed by atoms with E-state index in [1.807, 2.05) is 18.2 Å². The third kappa shape index (κ3) is 5.32. The Hall–Kier alpha value is -1.16. The van der Waals surface area contributed by atoms with E-state index < -0.39 is 0 Å². The second-order valence-corrected chi connectivity index (χ2v) is 3.57. The van der Waals surface area contributed by atoms with Crippen LogP contribution in [0.5, 0.6) is 0 Å². The Morgan fingerprint density at radius 3 is 2.73 bits per heavy atom. The minimum atomic E-state index is 0.409. The van der Waals surface area contributed by atoms with Crippen LogP contribution in [0.3, 0.4) is 0 Å². The standard InChI is InChI=1S/C11H17BN2O/c1-10(7-8-13-9-12-15)14-11-5-3-2-4-6-11/h2-6,10,13-14H,7-9H2,1H3. The first-order valence-electron chi connectivity index (χ1n) is 5.29. The van der Waals surface area contributed by atoms with E-state index in [1.165, 1.54) is 0 Å². The molecular weight excluding hydrogens is 187 g/mol. The first kappa shape index (κ1) is 11.9. The van der Waals surface area contributed by atoms with Crippen LogP contribution in [0.4, 0.5) is 5.69 Å². The Morgan fingerprint density at radius 2 is 2.07 bits per heavy atom. The zero-order chi connectivity index (χ0) is 10.9.